The fourth-order valence-corrected chi connectivity index (χ4v) is 2.32. The number of hydrogen-bond donors (Lipinski definition) is 1. The smallest absolute Gasteiger partial charge is 0.149 e. The third-order valence-corrected chi connectivity index (χ3v) is 3.63. The Morgan fingerprint density at radius 2 is 2.00 bits per heavy atom. The van der Waals surface area contributed by atoms with Gasteiger partial charge in [-0.1, -0.05) is 36.8 Å². The van der Waals surface area contributed by atoms with Crippen molar-refractivity contribution < 1.29 is 0 Å². The molecule has 0 radical (unpaired) electrons. The molecule has 84 valence electrons. The Labute approximate surface area is 99.3 Å². The van der Waals surface area contributed by atoms with Gasteiger partial charge in [0.2, 0.25) is 0 Å². The molecule has 0 aliphatic rings. The molecule has 0 saturated carbocycles. The van der Waals surface area contributed by atoms with Crippen LogP contribution in [0.2, 0.25) is 0 Å². The van der Waals surface area contributed by atoms with Gasteiger partial charge in [0, 0.05) is 17.2 Å². The number of nitrogens with zero attached hydrogens (tertiary/aromatic N) is 2. The highest BCUT2D eigenvalue weighted by Crippen LogP contribution is 2.31. The molecular weight excluding hydrogens is 218 g/mol. The van der Waals surface area contributed by atoms with E-state index in [-0.39, 0.29) is 0 Å². The second-order valence-corrected chi connectivity index (χ2v) is 5.20. The monoisotopic (exact) mass is 233 g/mol. The van der Waals surface area contributed by atoms with Gasteiger partial charge in [0.1, 0.15) is 10.0 Å². The maximum Gasteiger partial charge on any atom is 0.149 e. The highest BCUT2D eigenvalue weighted by Gasteiger charge is 2.11. The molecule has 16 heavy (non-hydrogen) atoms. The van der Waals surface area contributed by atoms with E-state index in [0.717, 1.165) is 21.3 Å². The van der Waals surface area contributed by atoms with E-state index >= 15 is 0 Å². The predicted octanol–water partition coefficient (Wildman–Crippen LogP) is 3.22. The zero-order valence-electron chi connectivity index (χ0n) is 9.69. The highest BCUT2D eigenvalue weighted by atomic mass is 32.1. The Morgan fingerprint density at radius 1 is 1.25 bits per heavy atom. The van der Waals surface area contributed by atoms with Crippen molar-refractivity contribution in [3.05, 3.63) is 28.8 Å². The van der Waals surface area contributed by atoms with E-state index < -0.39 is 0 Å². The predicted molar refractivity (Wildman–Crippen MR) is 68.6 cm³/mol. The molecule has 0 amide bonds. The van der Waals surface area contributed by atoms with Crippen molar-refractivity contribution in [1.82, 2.24) is 10.2 Å². The van der Waals surface area contributed by atoms with Crippen LogP contribution < -0.4 is 5.73 Å². The molecule has 0 aliphatic heterocycles. The van der Waals surface area contributed by atoms with Crippen molar-refractivity contribution >= 4 is 17.0 Å². The largest absolute Gasteiger partial charge is 0.398 e. The lowest BCUT2D eigenvalue weighted by Crippen LogP contribution is -1.90. The Kier molecular flexibility index (Phi) is 2.92. The van der Waals surface area contributed by atoms with Crippen molar-refractivity contribution in [2.75, 3.05) is 5.73 Å². The minimum Gasteiger partial charge on any atom is -0.398 e. The molecule has 0 spiro atoms. The molecule has 0 fully saturated rings. The molecule has 1 aromatic heterocycles. The summed E-state index contributed by atoms with van der Waals surface area (Å²) < 4.78 is 0. The standard InChI is InChI=1S/C12H15N3S/c1-7(2)11-14-15-12(16-11)9-6-8(3)4-5-10(9)13/h4-7H,13H2,1-3H3. The summed E-state index contributed by atoms with van der Waals surface area (Å²) in [6, 6.07) is 5.98. The quantitative estimate of drug-likeness (QED) is 0.810. The summed E-state index contributed by atoms with van der Waals surface area (Å²) in [5.41, 5.74) is 8.88. The molecular formula is C12H15N3S. The topological polar surface area (TPSA) is 51.8 Å². The molecule has 1 heterocycles. The van der Waals surface area contributed by atoms with Crippen molar-refractivity contribution in [3.8, 4) is 10.6 Å². The number of anilines is 1. The molecule has 1 aromatic carbocycles. The minimum atomic E-state index is 0.414. The minimum absolute atomic E-state index is 0.414. The number of nitrogen functional groups attached to an aromatic ring is 1. The summed E-state index contributed by atoms with van der Waals surface area (Å²) in [4.78, 5) is 0. The van der Waals surface area contributed by atoms with Crippen molar-refractivity contribution in [2.45, 2.75) is 26.7 Å². The maximum absolute atomic E-state index is 5.95. The van der Waals surface area contributed by atoms with Crippen LogP contribution in [-0.4, -0.2) is 10.2 Å². The van der Waals surface area contributed by atoms with Crippen LogP contribution in [0, 0.1) is 6.92 Å². The zero-order valence-corrected chi connectivity index (χ0v) is 10.5. The maximum atomic E-state index is 5.95. The second kappa shape index (κ2) is 4.22. The molecule has 2 aromatic rings. The normalized spacial score (nSPS) is 11.0. The first-order valence-corrected chi connectivity index (χ1v) is 6.09. The van der Waals surface area contributed by atoms with E-state index in [2.05, 4.69) is 30.1 Å². The van der Waals surface area contributed by atoms with E-state index in [1.54, 1.807) is 11.3 Å². The molecule has 2 N–H and O–H groups in total. The lowest BCUT2D eigenvalue weighted by atomic mass is 10.1. The first-order valence-electron chi connectivity index (χ1n) is 5.28. The average molecular weight is 233 g/mol. The number of aromatic nitrogens is 2. The average Bonchev–Trinajstić information content (AvgIpc) is 2.70. The summed E-state index contributed by atoms with van der Waals surface area (Å²) in [7, 11) is 0. The van der Waals surface area contributed by atoms with Crippen LogP contribution in [0.1, 0.15) is 30.3 Å². The van der Waals surface area contributed by atoms with Gasteiger partial charge >= 0.3 is 0 Å². The Morgan fingerprint density at radius 3 is 2.62 bits per heavy atom. The summed E-state index contributed by atoms with van der Waals surface area (Å²) in [6.07, 6.45) is 0. The number of rotatable bonds is 2. The number of hydrogen-bond acceptors (Lipinski definition) is 4. The van der Waals surface area contributed by atoms with E-state index in [0.29, 0.717) is 5.92 Å². The van der Waals surface area contributed by atoms with Crippen LogP contribution in [0.25, 0.3) is 10.6 Å². The molecule has 0 bridgehead atoms. The third kappa shape index (κ3) is 2.07. The number of aryl methyl sites for hydroxylation is 1. The van der Waals surface area contributed by atoms with E-state index in [1.165, 1.54) is 5.56 Å². The van der Waals surface area contributed by atoms with Gasteiger partial charge < -0.3 is 5.73 Å². The Hall–Kier alpha value is -1.42. The fraction of sp³-hybridized carbons (Fsp3) is 0.333. The molecule has 0 atom stereocenters. The summed E-state index contributed by atoms with van der Waals surface area (Å²) >= 11 is 1.61. The van der Waals surface area contributed by atoms with E-state index in [4.69, 9.17) is 5.73 Å². The third-order valence-electron chi connectivity index (χ3n) is 2.37. The van der Waals surface area contributed by atoms with Crippen LogP contribution in [0.3, 0.4) is 0 Å². The van der Waals surface area contributed by atoms with Gasteiger partial charge in [-0.3, -0.25) is 0 Å². The molecule has 0 aliphatic carbocycles. The van der Waals surface area contributed by atoms with Gasteiger partial charge in [-0.05, 0) is 19.1 Å². The molecule has 3 nitrogen and oxygen atoms in total. The van der Waals surface area contributed by atoms with Crippen molar-refractivity contribution in [3.63, 3.8) is 0 Å². The van der Waals surface area contributed by atoms with Crippen molar-refractivity contribution in [1.29, 1.82) is 0 Å². The van der Waals surface area contributed by atoms with Gasteiger partial charge in [0.15, 0.2) is 0 Å². The van der Waals surface area contributed by atoms with Crippen LogP contribution in [0.4, 0.5) is 5.69 Å². The van der Waals surface area contributed by atoms with Gasteiger partial charge in [0.05, 0.1) is 0 Å². The van der Waals surface area contributed by atoms with Crippen molar-refractivity contribution in [2.24, 2.45) is 0 Å². The van der Waals surface area contributed by atoms with Gasteiger partial charge in [-0.15, -0.1) is 10.2 Å². The van der Waals surface area contributed by atoms with E-state index in [1.807, 2.05) is 19.1 Å². The Balaban J connectivity index is 2.46. The molecule has 0 saturated heterocycles. The van der Waals surface area contributed by atoms with Crippen LogP contribution >= 0.6 is 11.3 Å². The molecule has 0 unspecified atom stereocenters. The number of benzene rings is 1. The van der Waals surface area contributed by atoms with E-state index in [9.17, 15) is 0 Å². The van der Waals surface area contributed by atoms with Crippen LogP contribution in [-0.2, 0) is 0 Å². The number of nitrogens with two attached hydrogens (primary N) is 1. The SMILES string of the molecule is Cc1ccc(N)c(-c2nnc(C(C)C)s2)c1. The summed E-state index contributed by atoms with van der Waals surface area (Å²) in [6.45, 7) is 6.28. The molecule has 2 rings (SSSR count). The van der Waals surface area contributed by atoms with Gasteiger partial charge in [0.25, 0.3) is 0 Å². The summed E-state index contributed by atoms with van der Waals surface area (Å²) in [5, 5.41) is 10.3. The first-order chi connectivity index (χ1) is 7.58. The second-order valence-electron chi connectivity index (χ2n) is 4.19. The highest BCUT2D eigenvalue weighted by molar-refractivity contribution is 7.14. The van der Waals surface area contributed by atoms with Gasteiger partial charge in [-0.2, -0.15) is 0 Å². The lowest BCUT2D eigenvalue weighted by molar-refractivity contribution is 0.825. The first kappa shape index (κ1) is 11.1. The summed E-state index contributed by atoms with van der Waals surface area (Å²) in [5.74, 6) is 0.414. The van der Waals surface area contributed by atoms with Crippen LogP contribution in [0.15, 0.2) is 18.2 Å². The van der Waals surface area contributed by atoms with Crippen LogP contribution in [0.5, 0.6) is 0 Å². The fourth-order valence-electron chi connectivity index (χ4n) is 1.43. The Bertz CT molecular complexity index is 503. The zero-order chi connectivity index (χ0) is 11.7. The molecule has 4 heteroatoms. The lowest BCUT2D eigenvalue weighted by Gasteiger charge is -2.02. The van der Waals surface area contributed by atoms with Gasteiger partial charge in [-0.25, -0.2) is 0 Å².